The van der Waals surface area contributed by atoms with Crippen LogP contribution in [0.1, 0.15) is 34.6 Å². The van der Waals surface area contributed by atoms with E-state index >= 15 is 0 Å². The number of amides is 2. The second-order valence-corrected chi connectivity index (χ2v) is 10.1. The average molecular weight is 541 g/mol. The number of benzene rings is 2. The lowest BCUT2D eigenvalue weighted by atomic mass is 10.1. The summed E-state index contributed by atoms with van der Waals surface area (Å²) in [6, 6.07) is 12.2. The predicted molar refractivity (Wildman–Crippen MR) is 148 cm³/mol. The number of hydrogen-bond donors (Lipinski definition) is 4. The molecule has 1 aliphatic heterocycles. The van der Waals surface area contributed by atoms with Crippen LogP contribution in [-0.2, 0) is 4.74 Å². The fourth-order valence-corrected chi connectivity index (χ4v) is 3.93. The van der Waals surface area contributed by atoms with Crippen LogP contribution in [0.4, 0.5) is 27.3 Å². The number of ether oxygens (including phenoxy) is 1. The van der Waals surface area contributed by atoms with Crippen LogP contribution >= 0.6 is 11.6 Å². The van der Waals surface area contributed by atoms with Crippen molar-refractivity contribution in [3.63, 3.8) is 0 Å². The molecule has 1 saturated heterocycles. The van der Waals surface area contributed by atoms with Crippen LogP contribution in [0.15, 0.2) is 54.7 Å². The molecular weight excluding hydrogens is 511 g/mol. The van der Waals surface area contributed by atoms with Crippen molar-refractivity contribution in [1.82, 2.24) is 4.98 Å². The molecule has 9 nitrogen and oxygen atoms in total. The lowest BCUT2D eigenvalue weighted by Gasteiger charge is -2.29. The topological polar surface area (TPSA) is 122 Å². The van der Waals surface area contributed by atoms with Crippen molar-refractivity contribution in [2.24, 2.45) is 5.73 Å². The van der Waals surface area contributed by atoms with Gasteiger partial charge >= 0.3 is 0 Å². The first-order valence-electron chi connectivity index (χ1n) is 12.1. The Morgan fingerprint density at radius 2 is 1.76 bits per heavy atom. The van der Waals surface area contributed by atoms with Gasteiger partial charge in [-0.2, -0.15) is 0 Å². The van der Waals surface area contributed by atoms with Crippen LogP contribution in [-0.4, -0.2) is 55.2 Å². The van der Waals surface area contributed by atoms with Gasteiger partial charge in [-0.05, 0) is 62.4 Å². The number of pyridine rings is 1. The van der Waals surface area contributed by atoms with E-state index in [9.17, 15) is 14.0 Å². The Hall–Kier alpha value is -3.73. The maximum absolute atomic E-state index is 14.3. The Morgan fingerprint density at radius 3 is 2.45 bits per heavy atom. The van der Waals surface area contributed by atoms with Crippen molar-refractivity contribution >= 4 is 46.3 Å². The monoisotopic (exact) mass is 540 g/mol. The molecule has 2 heterocycles. The molecule has 5 N–H and O–H groups in total. The number of morpholine rings is 1. The summed E-state index contributed by atoms with van der Waals surface area (Å²) in [6.45, 7) is 6.68. The molecule has 0 saturated carbocycles. The normalized spacial score (nSPS) is 13.7. The van der Waals surface area contributed by atoms with Crippen molar-refractivity contribution in [3.8, 4) is 0 Å². The molecule has 4 rings (SSSR count). The van der Waals surface area contributed by atoms with Crippen LogP contribution in [0.25, 0.3) is 0 Å². The Bertz CT molecular complexity index is 1310. The van der Waals surface area contributed by atoms with Gasteiger partial charge in [-0.15, -0.1) is 0 Å². The van der Waals surface area contributed by atoms with Crippen molar-refractivity contribution in [3.05, 3.63) is 76.7 Å². The molecule has 0 unspecified atom stereocenters. The van der Waals surface area contributed by atoms with E-state index in [1.807, 2.05) is 18.7 Å². The molecule has 0 radical (unpaired) electrons. The highest BCUT2D eigenvalue weighted by atomic mass is 35.5. The minimum absolute atomic E-state index is 0.240. The third-order valence-electron chi connectivity index (χ3n) is 5.74. The number of anilines is 4. The van der Waals surface area contributed by atoms with Crippen molar-refractivity contribution in [1.29, 1.82) is 0 Å². The summed E-state index contributed by atoms with van der Waals surface area (Å²) in [5.41, 5.74) is 7.33. The summed E-state index contributed by atoms with van der Waals surface area (Å²) in [4.78, 5) is 32.0. The van der Waals surface area contributed by atoms with E-state index in [0.717, 1.165) is 0 Å². The molecule has 1 aromatic heterocycles. The van der Waals surface area contributed by atoms with Crippen LogP contribution in [0.2, 0.25) is 5.02 Å². The second kappa shape index (κ2) is 11.8. The fourth-order valence-electron chi connectivity index (χ4n) is 3.76. The van der Waals surface area contributed by atoms with Crippen molar-refractivity contribution in [2.45, 2.75) is 19.4 Å². The highest BCUT2D eigenvalue weighted by Gasteiger charge is 2.17. The minimum atomic E-state index is -0.476. The molecule has 0 aliphatic carbocycles. The summed E-state index contributed by atoms with van der Waals surface area (Å²) in [5.74, 6) is -0.792. The number of nitrogens with two attached hydrogens (primary N) is 1. The zero-order valence-electron chi connectivity index (χ0n) is 21.2. The first-order chi connectivity index (χ1) is 18.1. The smallest absolute Gasteiger partial charge is 0.257 e. The van der Waals surface area contributed by atoms with Crippen LogP contribution < -0.4 is 26.6 Å². The van der Waals surface area contributed by atoms with Gasteiger partial charge in [0, 0.05) is 48.3 Å². The van der Waals surface area contributed by atoms with Crippen LogP contribution in [0, 0.1) is 5.82 Å². The van der Waals surface area contributed by atoms with Gasteiger partial charge in [-0.1, -0.05) is 11.6 Å². The fraction of sp³-hybridized carbons (Fsp3) is 0.296. The number of carbonyl (C=O) groups excluding carboxylic acids is 2. The predicted octanol–water partition coefficient (Wildman–Crippen LogP) is 4.36. The standard InChI is InChI=1S/C27H30ClFN6O3/c1-27(2,30)16-32-24-6-4-18(15-31-24)26(37)34-23-11-17(3-5-22(23)28)25(36)33-20-12-19(29)13-21(14-20)35-7-9-38-10-8-35/h3-6,11-15H,7-10,16,30H2,1-2H3,(H,31,32)(H,33,36)(H,34,37). The van der Waals surface area contributed by atoms with Gasteiger partial charge in [-0.25, -0.2) is 9.37 Å². The highest BCUT2D eigenvalue weighted by molar-refractivity contribution is 6.34. The van der Waals surface area contributed by atoms with Gasteiger partial charge < -0.3 is 31.3 Å². The van der Waals surface area contributed by atoms with Crippen LogP contribution in [0.3, 0.4) is 0 Å². The molecular formula is C27H30ClFN6O3. The maximum Gasteiger partial charge on any atom is 0.257 e. The molecule has 38 heavy (non-hydrogen) atoms. The Labute approximate surface area is 225 Å². The SMILES string of the molecule is CC(C)(N)CNc1ccc(C(=O)Nc2cc(C(=O)Nc3cc(F)cc(N4CCOCC4)c3)ccc2Cl)cn1. The lowest BCUT2D eigenvalue weighted by molar-refractivity contribution is 0.101. The number of halogens is 2. The first kappa shape index (κ1) is 27.3. The van der Waals surface area contributed by atoms with E-state index < -0.39 is 23.2 Å². The summed E-state index contributed by atoms with van der Waals surface area (Å²) < 4.78 is 19.6. The summed E-state index contributed by atoms with van der Waals surface area (Å²) >= 11 is 6.28. The number of aromatic nitrogens is 1. The molecule has 200 valence electrons. The molecule has 1 fully saturated rings. The van der Waals surface area contributed by atoms with E-state index in [-0.39, 0.29) is 16.3 Å². The zero-order chi connectivity index (χ0) is 27.3. The zero-order valence-corrected chi connectivity index (χ0v) is 21.9. The summed E-state index contributed by atoms with van der Waals surface area (Å²) in [7, 11) is 0. The van der Waals surface area contributed by atoms with E-state index in [1.165, 1.54) is 36.5 Å². The number of carbonyl (C=O) groups is 2. The molecule has 3 aromatic rings. The molecule has 2 amide bonds. The lowest BCUT2D eigenvalue weighted by Crippen LogP contribution is -2.39. The Kier molecular flexibility index (Phi) is 8.45. The third kappa shape index (κ3) is 7.41. The quantitative estimate of drug-likeness (QED) is 0.335. The number of nitrogens with one attached hydrogen (secondary N) is 3. The van der Waals surface area contributed by atoms with E-state index in [0.29, 0.717) is 55.6 Å². The Balaban J connectivity index is 1.43. The van der Waals surface area contributed by atoms with E-state index in [1.54, 1.807) is 18.2 Å². The van der Waals surface area contributed by atoms with Gasteiger partial charge in [0.1, 0.15) is 11.6 Å². The van der Waals surface area contributed by atoms with Gasteiger partial charge in [0.05, 0.1) is 29.5 Å². The van der Waals surface area contributed by atoms with Crippen LogP contribution in [0.5, 0.6) is 0 Å². The first-order valence-corrected chi connectivity index (χ1v) is 12.5. The second-order valence-electron chi connectivity index (χ2n) is 9.67. The van der Waals surface area contributed by atoms with Gasteiger partial charge in [-0.3, -0.25) is 9.59 Å². The van der Waals surface area contributed by atoms with E-state index in [4.69, 9.17) is 22.1 Å². The molecule has 1 aliphatic rings. The molecule has 11 heteroatoms. The van der Waals surface area contributed by atoms with Gasteiger partial charge in [0.25, 0.3) is 11.8 Å². The molecule has 0 bridgehead atoms. The maximum atomic E-state index is 14.3. The van der Waals surface area contributed by atoms with E-state index in [2.05, 4.69) is 20.9 Å². The van der Waals surface area contributed by atoms with Crippen molar-refractivity contribution in [2.75, 3.05) is 53.7 Å². The van der Waals surface area contributed by atoms with Crippen molar-refractivity contribution < 1.29 is 18.7 Å². The number of hydrogen-bond acceptors (Lipinski definition) is 7. The summed E-state index contributed by atoms with van der Waals surface area (Å²) in [5, 5.41) is 8.80. The average Bonchev–Trinajstić information content (AvgIpc) is 2.88. The Morgan fingerprint density at radius 1 is 1.05 bits per heavy atom. The minimum Gasteiger partial charge on any atom is -0.378 e. The number of nitrogens with zero attached hydrogens (tertiary/aromatic N) is 2. The van der Waals surface area contributed by atoms with Gasteiger partial charge in [0.15, 0.2) is 0 Å². The highest BCUT2D eigenvalue weighted by Crippen LogP contribution is 2.26. The molecule has 2 aromatic carbocycles. The largest absolute Gasteiger partial charge is 0.378 e. The number of rotatable bonds is 8. The molecule has 0 spiro atoms. The third-order valence-corrected chi connectivity index (χ3v) is 6.07. The molecule has 0 atom stereocenters. The summed E-state index contributed by atoms with van der Waals surface area (Å²) in [6.07, 6.45) is 1.43. The van der Waals surface area contributed by atoms with Gasteiger partial charge in [0.2, 0.25) is 0 Å².